The van der Waals surface area contributed by atoms with Crippen LogP contribution in [0.1, 0.15) is 31.5 Å². The van der Waals surface area contributed by atoms with Crippen LogP contribution in [0.4, 0.5) is 0 Å². The molecule has 0 aliphatic rings. The highest BCUT2D eigenvalue weighted by atomic mass is 15.3. The lowest BCUT2D eigenvalue weighted by molar-refractivity contribution is 0.605. The fraction of sp³-hybridized carbons (Fsp3) is 0.750. The van der Waals surface area contributed by atoms with Gasteiger partial charge in [-0.1, -0.05) is 13.8 Å². The molecule has 0 saturated carbocycles. The van der Waals surface area contributed by atoms with Gasteiger partial charge in [-0.15, -0.1) is 0 Å². The largest absolute Gasteiger partial charge is 0.315 e. The van der Waals surface area contributed by atoms with E-state index in [4.69, 9.17) is 0 Å². The highest BCUT2D eigenvalue weighted by molar-refractivity contribution is 5.16. The van der Waals surface area contributed by atoms with Crippen molar-refractivity contribution in [2.75, 3.05) is 19.6 Å². The van der Waals surface area contributed by atoms with Crippen molar-refractivity contribution in [1.29, 1.82) is 0 Å². The van der Waals surface area contributed by atoms with E-state index in [1.807, 2.05) is 11.7 Å². The van der Waals surface area contributed by atoms with Crippen LogP contribution in [-0.4, -0.2) is 29.4 Å². The molecule has 92 valence electrons. The van der Waals surface area contributed by atoms with Crippen LogP contribution in [0.15, 0.2) is 6.20 Å². The quantitative estimate of drug-likeness (QED) is 0.649. The van der Waals surface area contributed by atoms with E-state index in [2.05, 4.69) is 35.8 Å². The van der Waals surface area contributed by atoms with E-state index in [1.165, 1.54) is 17.7 Å². The van der Waals surface area contributed by atoms with Gasteiger partial charge in [0.1, 0.15) is 0 Å². The Bertz CT molecular complexity index is 293. The Morgan fingerprint density at radius 2 is 1.94 bits per heavy atom. The number of nitrogens with zero attached hydrogens (tertiary/aromatic N) is 2. The summed E-state index contributed by atoms with van der Waals surface area (Å²) in [5, 5.41) is 11.2. The first kappa shape index (κ1) is 13.2. The van der Waals surface area contributed by atoms with Crippen molar-refractivity contribution in [1.82, 2.24) is 20.4 Å². The number of aromatic nitrogens is 2. The maximum Gasteiger partial charge on any atom is 0.0666 e. The van der Waals surface area contributed by atoms with Gasteiger partial charge < -0.3 is 10.6 Å². The molecular formula is C12H24N4. The van der Waals surface area contributed by atoms with E-state index in [0.29, 0.717) is 0 Å². The third-order valence-electron chi connectivity index (χ3n) is 2.55. The maximum atomic E-state index is 4.42. The maximum absolute atomic E-state index is 4.42. The van der Waals surface area contributed by atoms with Gasteiger partial charge in [0, 0.05) is 38.4 Å². The molecule has 0 spiro atoms. The Balaban J connectivity index is 2.21. The molecule has 1 aromatic heterocycles. The Labute approximate surface area is 98.4 Å². The van der Waals surface area contributed by atoms with Crippen LogP contribution in [0, 0.1) is 0 Å². The van der Waals surface area contributed by atoms with E-state index in [9.17, 15) is 0 Å². The van der Waals surface area contributed by atoms with Crippen LogP contribution in [0.3, 0.4) is 0 Å². The summed E-state index contributed by atoms with van der Waals surface area (Å²) in [5.41, 5.74) is 2.53. The monoisotopic (exact) mass is 224 g/mol. The fourth-order valence-electron chi connectivity index (χ4n) is 1.73. The van der Waals surface area contributed by atoms with E-state index >= 15 is 0 Å². The fourth-order valence-corrected chi connectivity index (χ4v) is 1.73. The predicted octanol–water partition coefficient (Wildman–Crippen LogP) is 1.07. The Kier molecular flexibility index (Phi) is 6.11. The van der Waals surface area contributed by atoms with Gasteiger partial charge in [-0.3, -0.25) is 4.68 Å². The molecule has 2 N–H and O–H groups in total. The van der Waals surface area contributed by atoms with Gasteiger partial charge >= 0.3 is 0 Å². The molecule has 1 heterocycles. The van der Waals surface area contributed by atoms with Gasteiger partial charge in [0.2, 0.25) is 0 Å². The molecule has 0 radical (unpaired) electrons. The van der Waals surface area contributed by atoms with E-state index in [-0.39, 0.29) is 0 Å². The summed E-state index contributed by atoms with van der Waals surface area (Å²) in [6.45, 7) is 8.41. The predicted molar refractivity (Wildman–Crippen MR) is 67.5 cm³/mol. The van der Waals surface area contributed by atoms with Crippen molar-refractivity contribution in [3.05, 3.63) is 17.5 Å². The van der Waals surface area contributed by atoms with Crippen LogP contribution in [-0.2, 0) is 20.0 Å². The zero-order valence-electron chi connectivity index (χ0n) is 10.7. The molecule has 0 aliphatic carbocycles. The van der Waals surface area contributed by atoms with Gasteiger partial charge in [0.25, 0.3) is 0 Å². The third-order valence-corrected chi connectivity index (χ3v) is 2.55. The summed E-state index contributed by atoms with van der Waals surface area (Å²) in [5.74, 6) is 0. The number of rotatable bonds is 8. The van der Waals surface area contributed by atoms with Gasteiger partial charge in [0.15, 0.2) is 0 Å². The summed E-state index contributed by atoms with van der Waals surface area (Å²) in [4.78, 5) is 0. The Morgan fingerprint density at radius 1 is 1.19 bits per heavy atom. The average Bonchev–Trinajstić information content (AvgIpc) is 2.64. The second-order valence-corrected chi connectivity index (χ2v) is 4.06. The van der Waals surface area contributed by atoms with Crippen molar-refractivity contribution >= 4 is 0 Å². The van der Waals surface area contributed by atoms with Crippen molar-refractivity contribution in [3.63, 3.8) is 0 Å². The van der Waals surface area contributed by atoms with E-state index in [1.54, 1.807) is 0 Å². The number of nitrogens with one attached hydrogen (secondary N) is 2. The standard InChI is InChI=1S/C12H24N4/c1-4-6-13-7-8-14-9-11-10-16(3)15-12(11)5-2/h10,13-14H,4-9H2,1-3H3. The average molecular weight is 224 g/mol. The third kappa shape index (κ3) is 4.33. The molecule has 0 fully saturated rings. The Morgan fingerprint density at radius 3 is 2.62 bits per heavy atom. The molecule has 16 heavy (non-hydrogen) atoms. The van der Waals surface area contributed by atoms with Crippen LogP contribution in [0.2, 0.25) is 0 Å². The summed E-state index contributed by atoms with van der Waals surface area (Å²) in [6, 6.07) is 0. The second-order valence-electron chi connectivity index (χ2n) is 4.06. The summed E-state index contributed by atoms with van der Waals surface area (Å²) in [7, 11) is 1.98. The highest BCUT2D eigenvalue weighted by Crippen LogP contribution is 2.06. The molecule has 0 aliphatic heterocycles. The normalized spacial score (nSPS) is 10.9. The van der Waals surface area contributed by atoms with Gasteiger partial charge in [-0.25, -0.2) is 0 Å². The van der Waals surface area contributed by atoms with Crippen LogP contribution >= 0.6 is 0 Å². The molecule has 0 bridgehead atoms. The molecule has 0 saturated heterocycles. The summed E-state index contributed by atoms with van der Waals surface area (Å²) >= 11 is 0. The Hall–Kier alpha value is -0.870. The molecule has 4 heteroatoms. The molecular weight excluding hydrogens is 200 g/mol. The smallest absolute Gasteiger partial charge is 0.0666 e. The minimum Gasteiger partial charge on any atom is -0.315 e. The summed E-state index contributed by atoms with van der Waals surface area (Å²) < 4.78 is 1.89. The molecule has 0 aromatic carbocycles. The van der Waals surface area contributed by atoms with E-state index < -0.39 is 0 Å². The van der Waals surface area contributed by atoms with Crippen LogP contribution in [0.25, 0.3) is 0 Å². The number of hydrogen-bond acceptors (Lipinski definition) is 3. The molecule has 0 atom stereocenters. The first-order chi connectivity index (χ1) is 7.77. The highest BCUT2D eigenvalue weighted by Gasteiger charge is 2.04. The first-order valence-corrected chi connectivity index (χ1v) is 6.20. The van der Waals surface area contributed by atoms with Crippen molar-refractivity contribution in [2.45, 2.75) is 33.2 Å². The molecule has 0 amide bonds. The first-order valence-electron chi connectivity index (χ1n) is 6.20. The van der Waals surface area contributed by atoms with E-state index in [0.717, 1.165) is 32.6 Å². The minimum atomic E-state index is 0.921. The van der Waals surface area contributed by atoms with Gasteiger partial charge in [0.05, 0.1) is 5.69 Å². The lowest BCUT2D eigenvalue weighted by Gasteiger charge is -2.05. The zero-order valence-corrected chi connectivity index (χ0v) is 10.7. The summed E-state index contributed by atoms with van der Waals surface area (Å²) in [6.07, 6.45) is 4.31. The molecule has 1 aromatic rings. The molecule has 0 unspecified atom stereocenters. The lowest BCUT2D eigenvalue weighted by atomic mass is 10.2. The molecule has 4 nitrogen and oxygen atoms in total. The van der Waals surface area contributed by atoms with Crippen molar-refractivity contribution in [2.24, 2.45) is 7.05 Å². The van der Waals surface area contributed by atoms with Crippen LogP contribution < -0.4 is 10.6 Å². The minimum absolute atomic E-state index is 0.921. The molecule has 1 rings (SSSR count). The van der Waals surface area contributed by atoms with Gasteiger partial charge in [-0.05, 0) is 19.4 Å². The van der Waals surface area contributed by atoms with Crippen LogP contribution in [0.5, 0.6) is 0 Å². The lowest BCUT2D eigenvalue weighted by Crippen LogP contribution is -2.27. The second kappa shape index (κ2) is 7.41. The zero-order chi connectivity index (χ0) is 11.8. The topological polar surface area (TPSA) is 41.9 Å². The van der Waals surface area contributed by atoms with Gasteiger partial charge in [-0.2, -0.15) is 5.10 Å². The van der Waals surface area contributed by atoms with Crippen molar-refractivity contribution < 1.29 is 0 Å². The number of aryl methyl sites for hydroxylation is 2. The SMILES string of the molecule is CCCNCCNCc1cn(C)nc1CC. The number of hydrogen-bond donors (Lipinski definition) is 2. The van der Waals surface area contributed by atoms with Crippen molar-refractivity contribution in [3.8, 4) is 0 Å².